The zero-order valence-corrected chi connectivity index (χ0v) is 13.6. The first-order valence-electron chi connectivity index (χ1n) is 7.49. The fraction of sp³-hybridized carbons (Fsp3) is 0.250. The number of aryl methyl sites for hydroxylation is 1. The summed E-state index contributed by atoms with van der Waals surface area (Å²) in [5, 5.41) is 4.56. The van der Waals surface area contributed by atoms with E-state index in [2.05, 4.69) is 15.1 Å². The monoisotopic (exact) mass is 343 g/mol. The molecule has 3 aromatic rings. The predicted octanol–water partition coefficient (Wildman–Crippen LogP) is 1.99. The van der Waals surface area contributed by atoms with Crippen molar-refractivity contribution in [1.29, 1.82) is 0 Å². The summed E-state index contributed by atoms with van der Waals surface area (Å²) < 4.78 is 7.49. The molecule has 1 aliphatic heterocycles. The maximum absolute atomic E-state index is 12.4. The summed E-state index contributed by atoms with van der Waals surface area (Å²) in [6, 6.07) is 8.85. The van der Waals surface area contributed by atoms with Crippen molar-refractivity contribution in [1.82, 2.24) is 24.5 Å². The summed E-state index contributed by atoms with van der Waals surface area (Å²) in [6.07, 6.45) is 1.34. The van der Waals surface area contributed by atoms with E-state index in [9.17, 15) is 4.79 Å². The van der Waals surface area contributed by atoms with Gasteiger partial charge in [-0.2, -0.15) is 14.6 Å². The smallest absolute Gasteiger partial charge is 0.255 e. The van der Waals surface area contributed by atoms with E-state index in [0.717, 1.165) is 5.69 Å². The van der Waals surface area contributed by atoms with Crippen LogP contribution in [0.3, 0.4) is 0 Å². The molecular formula is C16H14ClN5O2. The molecule has 1 saturated heterocycles. The molecule has 0 unspecified atom stereocenters. The number of likely N-dealkylation sites (tertiary alicyclic amines) is 1. The van der Waals surface area contributed by atoms with Gasteiger partial charge in [0, 0.05) is 11.8 Å². The van der Waals surface area contributed by atoms with E-state index in [0.29, 0.717) is 35.3 Å². The second-order valence-corrected chi connectivity index (χ2v) is 6.04. The van der Waals surface area contributed by atoms with E-state index in [1.54, 1.807) is 39.7 Å². The minimum atomic E-state index is -0.0920. The summed E-state index contributed by atoms with van der Waals surface area (Å²) in [5.41, 5.74) is 1.31. The number of nitrogens with zero attached hydrogens (tertiary/aromatic N) is 5. The van der Waals surface area contributed by atoms with Crippen molar-refractivity contribution in [3.63, 3.8) is 0 Å². The highest BCUT2D eigenvalue weighted by atomic mass is 35.5. The number of ether oxygens (including phenoxy) is 1. The van der Waals surface area contributed by atoms with Crippen molar-refractivity contribution in [2.24, 2.45) is 0 Å². The number of fused-ring (bicyclic) bond motifs is 1. The second-order valence-electron chi connectivity index (χ2n) is 5.64. The molecule has 7 nitrogen and oxygen atoms in total. The predicted molar refractivity (Wildman–Crippen MR) is 87.3 cm³/mol. The molecular weight excluding hydrogens is 330 g/mol. The highest BCUT2D eigenvalue weighted by Gasteiger charge is 2.34. The number of amides is 1. The Morgan fingerprint density at radius 2 is 2.12 bits per heavy atom. The molecule has 4 rings (SSSR count). The number of halogens is 1. The van der Waals surface area contributed by atoms with E-state index in [1.165, 1.54) is 6.33 Å². The molecule has 122 valence electrons. The van der Waals surface area contributed by atoms with Crippen molar-refractivity contribution in [3.8, 4) is 5.88 Å². The van der Waals surface area contributed by atoms with Crippen LogP contribution >= 0.6 is 11.6 Å². The van der Waals surface area contributed by atoms with E-state index < -0.39 is 0 Å². The molecule has 0 radical (unpaired) electrons. The number of carbonyl (C=O) groups excluding carboxylic acids is 1. The van der Waals surface area contributed by atoms with Gasteiger partial charge in [-0.15, -0.1) is 0 Å². The van der Waals surface area contributed by atoms with E-state index in [-0.39, 0.29) is 12.0 Å². The van der Waals surface area contributed by atoms with Crippen molar-refractivity contribution in [2.45, 2.75) is 13.0 Å². The van der Waals surface area contributed by atoms with Gasteiger partial charge < -0.3 is 9.64 Å². The number of hydrogen-bond acceptors (Lipinski definition) is 5. The Kier molecular flexibility index (Phi) is 3.57. The van der Waals surface area contributed by atoms with Crippen LogP contribution in [0.4, 0.5) is 0 Å². The summed E-state index contributed by atoms with van der Waals surface area (Å²) in [4.78, 5) is 22.5. The number of hydrogen-bond donors (Lipinski definition) is 0. The van der Waals surface area contributed by atoms with Gasteiger partial charge in [-0.25, -0.2) is 4.98 Å². The number of aromatic nitrogens is 4. The van der Waals surface area contributed by atoms with E-state index in [4.69, 9.17) is 16.3 Å². The van der Waals surface area contributed by atoms with Crippen LogP contribution in [0.2, 0.25) is 5.02 Å². The normalized spacial score (nSPS) is 14.7. The van der Waals surface area contributed by atoms with Crippen LogP contribution < -0.4 is 4.74 Å². The van der Waals surface area contributed by atoms with Crippen LogP contribution in [0.1, 0.15) is 16.1 Å². The lowest BCUT2D eigenvalue weighted by Crippen LogP contribution is -2.56. The van der Waals surface area contributed by atoms with Gasteiger partial charge in [0.2, 0.25) is 5.88 Å². The van der Waals surface area contributed by atoms with Crippen LogP contribution in [0, 0.1) is 6.92 Å². The van der Waals surface area contributed by atoms with Gasteiger partial charge in [0.15, 0.2) is 0 Å². The number of carbonyl (C=O) groups is 1. The van der Waals surface area contributed by atoms with Gasteiger partial charge >= 0.3 is 0 Å². The third-order valence-corrected chi connectivity index (χ3v) is 4.20. The standard InChI is InChI=1S/C16H14ClN5O2/c1-10-6-14(22-16(20-10)18-9-19-22)24-11-7-21(8-11)15(23)12-4-2-3-5-13(12)17/h2-6,9,11H,7-8H2,1H3. The highest BCUT2D eigenvalue weighted by molar-refractivity contribution is 6.33. The Balaban J connectivity index is 1.45. The van der Waals surface area contributed by atoms with Gasteiger partial charge in [0.05, 0.1) is 23.7 Å². The molecule has 1 aromatic carbocycles. The topological polar surface area (TPSA) is 72.6 Å². The fourth-order valence-corrected chi connectivity index (χ4v) is 2.85. The summed E-state index contributed by atoms with van der Waals surface area (Å²) in [5.74, 6) is 0.982. The third kappa shape index (κ3) is 2.56. The molecule has 3 heterocycles. The fourth-order valence-electron chi connectivity index (χ4n) is 2.64. The lowest BCUT2D eigenvalue weighted by atomic mass is 10.1. The molecule has 1 amide bonds. The zero-order valence-electron chi connectivity index (χ0n) is 12.9. The minimum absolute atomic E-state index is 0.0859. The van der Waals surface area contributed by atoms with Crippen molar-refractivity contribution in [2.75, 3.05) is 13.1 Å². The molecule has 24 heavy (non-hydrogen) atoms. The van der Waals surface area contributed by atoms with Gasteiger partial charge in [-0.1, -0.05) is 23.7 Å². The van der Waals surface area contributed by atoms with Gasteiger partial charge in [-0.3, -0.25) is 4.79 Å². The second kappa shape index (κ2) is 5.76. The Bertz CT molecular complexity index is 920. The number of rotatable bonds is 3. The van der Waals surface area contributed by atoms with Crippen LogP contribution in [0.15, 0.2) is 36.7 Å². The lowest BCUT2D eigenvalue weighted by Gasteiger charge is -2.38. The molecule has 8 heteroatoms. The third-order valence-electron chi connectivity index (χ3n) is 3.87. The van der Waals surface area contributed by atoms with Crippen LogP contribution in [-0.4, -0.2) is 49.6 Å². The molecule has 0 N–H and O–H groups in total. The first-order valence-corrected chi connectivity index (χ1v) is 7.87. The Labute approximate surface area is 142 Å². The first kappa shape index (κ1) is 14.9. The minimum Gasteiger partial charge on any atom is -0.470 e. The Hall–Kier alpha value is -2.67. The molecule has 1 aliphatic rings. The molecule has 0 aliphatic carbocycles. The van der Waals surface area contributed by atoms with Crippen molar-refractivity contribution >= 4 is 23.3 Å². The van der Waals surface area contributed by atoms with Crippen molar-refractivity contribution in [3.05, 3.63) is 52.9 Å². The Morgan fingerprint density at radius 3 is 2.92 bits per heavy atom. The summed E-state index contributed by atoms with van der Waals surface area (Å²) in [7, 11) is 0. The van der Waals surface area contributed by atoms with Crippen LogP contribution in [0.25, 0.3) is 5.78 Å². The first-order chi connectivity index (χ1) is 11.6. The van der Waals surface area contributed by atoms with Gasteiger partial charge in [-0.05, 0) is 19.1 Å². The Morgan fingerprint density at radius 1 is 1.33 bits per heavy atom. The van der Waals surface area contributed by atoms with E-state index in [1.807, 2.05) is 6.92 Å². The lowest BCUT2D eigenvalue weighted by molar-refractivity contribution is 0.0150. The summed E-state index contributed by atoms with van der Waals surface area (Å²) >= 11 is 6.08. The maximum Gasteiger partial charge on any atom is 0.255 e. The average Bonchev–Trinajstić information content (AvgIpc) is 2.98. The zero-order chi connectivity index (χ0) is 16.7. The van der Waals surface area contributed by atoms with Crippen LogP contribution in [-0.2, 0) is 0 Å². The summed E-state index contributed by atoms with van der Waals surface area (Å²) in [6.45, 7) is 2.87. The van der Waals surface area contributed by atoms with Crippen LogP contribution in [0.5, 0.6) is 5.88 Å². The molecule has 0 saturated carbocycles. The average molecular weight is 344 g/mol. The van der Waals surface area contributed by atoms with E-state index >= 15 is 0 Å². The molecule has 1 fully saturated rings. The SMILES string of the molecule is Cc1cc(OC2CN(C(=O)c3ccccc3Cl)C2)n2ncnc2n1. The molecule has 0 spiro atoms. The number of benzene rings is 1. The maximum atomic E-state index is 12.4. The largest absolute Gasteiger partial charge is 0.470 e. The molecule has 2 aromatic heterocycles. The van der Waals surface area contributed by atoms with Gasteiger partial charge in [0.1, 0.15) is 12.4 Å². The molecule has 0 atom stereocenters. The van der Waals surface area contributed by atoms with Gasteiger partial charge in [0.25, 0.3) is 11.7 Å². The quantitative estimate of drug-likeness (QED) is 0.727. The molecule has 0 bridgehead atoms. The van der Waals surface area contributed by atoms with Crippen molar-refractivity contribution < 1.29 is 9.53 Å². The highest BCUT2D eigenvalue weighted by Crippen LogP contribution is 2.23.